The van der Waals surface area contributed by atoms with Crippen LogP contribution in [-0.4, -0.2) is 52.4 Å². The molecule has 42 heavy (non-hydrogen) atoms. The number of rotatable bonds is 8. The predicted octanol–water partition coefficient (Wildman–Crippen LogP) is 4.26. The average molecular weight is 578 g/mol. The van der Waals surface area contributed by atoms with Crippen molar-refractivity contribution in [2.45, 2.75) is 19.0 Å². The van der Waals surface area contributed by atoms with E-state index < -0.39 is 17.6 Å². The lowest BCUT2D eigenvalue weighted by Gasteiger charge is -2.15. The van der Waals surface area contributed by atoms with E-state index in [1.165, 1.54) is 24.5 Å². The zero-order valence-corrected chi connectivity index (χ0v) is 22.6. The van der Waals surface area contributed by atoms with Gasteiger partial charge in [0.2, 0.25) is 5.91 Å². The molecule has 3 N–H and O–H groups in total. The molecule has 1 aliphatic rings. The number of nitrogens with two attached hydrogens (primary N) is 1. The molecule has 1 aliphatic heterocycles. The maximum Gasteiger partial charge on any atom is 0.416 e. The van der Waals surface area contributed by atoms with Crippen LogP contribution in [0, 0.1) is 5.92 Å². The number of halogens is 3. The molecule has 1 saturated heterocycles. The minimum Gasteiger partial charge on any atom is -0.457 e. The molecule has 0 saturated carbocycles. The number of primary amides is 1. The van der Waals surface area contributed by atoms with E-state index in [0.29, 0.717) is 42.2 Å². The lowest BCUT2D eigenvalue weighted by Crippen LogP contribution is -2.21. The normalized spacial score (nSPS) is 14.9. The third-order valence-electron chi connectivity index (χ3n) is 6.67. The zero-order chi connectivity index (χ0) is 30.0. The number of benzene rings is 2. The number of hydrogen-bond acceptors (Lipinski definition) is 8. The van der Waals surface area contributed by atoms with Gasteiger partial charge in [-0.15, -0.1) is 0 Å². The first kappa shape index (κ1) is 28.5. The lowest BCUT2D eigenvalue weighted by atomic mass is 10.0. The molecule has 3 heterocycles. The fourth-order valence-electron chi connectivity index (χ4n) is 4.44. The fraction of sp³-hybridized carbons (Fsp3) is 0.241. The van der Waals surface area contributed by atoms with Gasteiger partial charge in [0.15, 0.2) is 5.82 Å². The number of anilines is 1. The number of nitrogens with one attached hydrogen (secondary N) is 1. The van der Waals surface area contributed by atoms with Gasteiger partial charge in [-0.3, -0.25) is 14.6 Å². The second-order valence-electron chi connectivity index (χ2n) is 9.90. The number of aromatic nitrogens is 4. The molecule has 4 aromatic rings. The molecule has 1 fully saturated rings. The SMILES string of the molecule is CN(C)c1cnc(-c2cc(C(F)(F)F)ccc2Oc2ccc(-c3nc(C[C@H]4CCNC4=O)cc(C(N)=O)n3)cc2)cn1. The van der Waals surface area contributed by atoms with Gasteiger partial charge in [0, 0.05) is 49.8 Å². The monoisotopic (exact) mass is 577 g/mol. The Hall–Kier alpha value is -5.07. The third-order valence-corrected chi connectivity index (χ3v) is 6.67. The highest BCUT2D eigenvalue weighted by Gasteiger charge is 2.32. The number of hydrogen-bond donors (Lipinski definition) is 2. The summed E-state index contributed by atoms with van der Waals surface area (Å²) in [6, 6.07) is 11.1. The second-order valence-corrected chi connectivity index (χ2v) is 9.90. The fourth-order valence-corrected chi connectivity index (χ4v) is 4.44. The lowest BCUT2D eigenvalue weighted by molar-refractivity contribution is -0.137. The van der Waals surface area contributed by atoms with Gasteiger partial charge in [0.1, 0.15) is 23.0 Å². The van der Waals surface area contributed by atoms with E-state index >= 15 is 0 Å². The minimum atomic E-state index is -4.56. The number of amides is 2. The molecule has 2 aromatic heterocycles. The molecular weight excluding hydrogens is 551 g/mol. The highest BCUT2D eigenvalue weighted by molar-refractivity contribution is 5.91. The summed E-state index contributed by atoms with van der Waals surface area (Å²) in [6.07, 6.45) is -0.727. The summed E-state index contributed by atoms with van der Waals surface area (Å²) in [4.78, 5) is 43.0. The Morgan fingerprint density at radius 2 is 1.83 bits per heavy atom. The highest BCUT2D eigenvalue weighted by atomic mass is 19.4. The molecule has 0 bridgehead atoms. The van der Waals surface area contributed by atoms with Crippen LogP contribution in [0.15, 0.2) is 60.9 Å². The molecule has 2 aromatic carbocycles. The van der Waals surface area contributed by atoms with Crippen molar-refractivity contribution in [3.05, 3.63) is 77.9 Å². The first-order valence-electron chi connectivity index (χ1n) is 12.9. The van der Waals surface area contributed by atoms with Crippen molar-refractivity contribution in [1.29, 1.82) is 0 Å². The van der Waals surface area contributed by atoms with Crippen LogP contribution in [0.5, 0.6) is 11.5 Å². The van der Waals surface area contributed by atoms with Crippen LogP contribution in [0.4, 0.5) is 19.0 Å². The van der Waals surface area contributed by atoms with Crippen molar-refractivity contribution in [3.63, 3.8) is 0 Å². The average Bonchev–Trinajstić information content (AvgIpc) is 3.36. The summed E-state index contributed by atoms with van der Waals surface area (Å²) < 4.78 is 46.5. The molecule has 0 spiro atoms. The van der Waals surface area contributed by atoms with Crippen molar-refractivity contribution >= 4 is 17.6 Å². The molecule has 0 unspecified atom stereocenters. The Balaban J connectivity index is 1.44. The molecular formula is C29H26F3N7O3. The maximum atomic E-state index is 13.5. The Morgan fingerprint density at radius 1 is 1.07 bits per heavy atom. The van der Waals surface area contributed by atoms with Crippen LogP contribution >= 0.6 is 0 Å². The van der Waals surface area contributed by atoms with E-state index in [1.807, 2.05) is 0 Å². The van der Waals surface area contributed by atoms with E-state index in [0.717, 1.165) is 12.1 Å². The minimum absolute atomic E-state index is 0.0181. The van der Waals surface area contributed by atoms with Gasteiger partial charge in [0.05, 0.1) is 23.7 Å². The van der Waals surface area contributed by atoms with Crippen LogP contribution in [-0.2, 0) is 17.4 Å². The predicted molar refractivity (Wildman–Crippen MR) is 148 cm³/mol. The largest absolute Gasteiger partial charge is 0.457 e. The molecule has 1 atom stereocenters. The summed E-state index contributed by atoms with van der Waals surface area (Å²) in [7, 11) is 3.55. The number of ether oxygens (including phenoxy) is 1. The molecule has 216 valence electrons. The van der Waals surface area contributed by atoms with Gasteiger partial charge < -0.3 is 20.7 Å². The van der Waals surface area contributed by atoms with Crippen molar-refractivity contribution in [3.8, 4) is 34.1 Å². The summed E-state index contributed by atoms with van der Waals surface area (Å²) in [5.74, 6) is 0.190. The third kappa shape index (κ3) is 6.29. The van der Waals surface area contributed by atoms with Gasteiger partial charge in [0.25, 0.3) is 5.91 Å². The first-order chi connectivity index (χ1) is 20.0. The van der Waals surface area contributed by atoms with Crippen molar-refractivity contribution in [1.82, 2.24) is 25.3 Å². The standard InChI is InChI=1S/C29H26F3N7O3/c1-39(2)25-15-35-23(14-36-25)21-12-18(29(30,31)32)5-8-24(21)42-20-6-3-16(4-7-20)27-37-19(13-22(38-27)26(33)40)11-17-9-10-34-28(17)41/h3-8,12-15,17H,9-11H2,1-2H3,(H2,33,40)(H,34,41)/t17-/m1/s1. The van der Waals surface area contributed by atoms with Crippen LogP contribution in [0.25, 0.3) is 22.6 Å². The molecule has 5 rings (SSSR count). The quantitative estimate of drug-likeness (QED) is 0.317. The van der Waals surface area contributed by atoms with Gasteiger partial charge in [-0.25, -0.2) is 15.0 Å². The summed E-state index contributed by atoms with van der Waals surface area (Å²) in [5, 5.41) is 2.78. The summed E-state index contributed by atoms with van der Waals surface area (Å²) in [6.45, 7) is 0.584. The van der Waals surface area contributed by atoms with Gasteiger partial charge in [-0.2, -0.15) is 13.2 Å². The van der Waals surface area contributed by atoms with Crippen LogP contribution in [0.3, 0.4) is 0 Å². The Morgan fingerprint density at radius 3 is 2.43 bits per heavy atom. The Bertz CT molecular complexity index is 1630. The summed E-state index contributed by atoms with van der Waals surface area (Å²) >= 11 is 0. The Kier molecular flexibility index (Phi) is 7.74. The van der Waals surface area contributed by atoms with Gasteiger partial charge in [-0.1, -0.05) is 0 Å². The molecule has 10 nitrogen and oxygen atoms in total. The smallest absolute Gasteiger partial charge is 0.416 e. The molecule has 2 amide bonds. The maximum absolute atomic E-state index is 13.5. The van der Waals surface area contributed by atoms with Crippen molar-refractivity contribution in [2.75, 3.05) is 25.5 Å². The van der Waals surface area contributed by atoms with Crippen molar-refractivity contribution < 1.29 is 27.5 Å². The van der Waals surface area contributed by atoms with E-state index in [1.54, 1.807) is 43.3 Å². The zero-order valence-electron chi connectivity index (χ0n) is 22.6. The van der Waals surface area contributed by atoms with E-state index in [9.17, 15) is 22.8 Å². The summed E-state index contributed by atoms with van der Waals surface area (Å²) in [5.41, 5.74) is 6.02. The second kappa shape index (κ2) is 11.4. The molecule has 13 heteroatoms. The topological polar surface area (TPSA) is 136 Å². The molecule has 0 aliphatic carbocycles. The molecule has 0 radical (unpaired) electrons. The van der Waals surface area contributed by atoms with E-state index in [2.05, 4.69) is 25.3 Å². The first-order valence-corrected chi connectivity index (χ1v) is 12.9. The number of carbonyl (C=O) groups excluding carboxylic acids is 2. The Labute approximate surface area is 238 Å². The van der Waals surface area contributed by atoms with Gasteiger partial charge in [-0.05, 0) is 55.0 Å². The van der Waals surface area contributed by atoms with Crippen molar-refractivity contribution in [2.24, 2.45) is 11.7 Å². The van der Waals surface area contributed by atoms with Crippen LogP contribution in [0.1, 0.15) is 28.2 Å². The van der Waals surface area contributed by atoms with Crippen LogP contribution in [0.2, 0.25) is 0 Å². The number of carbonyl (C=O) groups is 2. The van der Waals surface area contributed by atoms with E-state index in [4.69, 9.17) is 10.5 Å². The van der Waals surface area contributed by atoms with E-state index in [-0.39, 0.29) is 40.4 Å². The van der Waals surface area contributed by atoms with Gasteiger partial charge >= 0.3 is 6.18 Å². The van der Waals surface area contributed by atoms with Crippen LogP contribution < -0.4 is 20.7 Å². The number of alkyl halides is 3. The number of nitrogens with zero attached hydrogens (tertiary/aromatic N) is 5. The highest BCUT2D eigenvalue weighted by Crippen LogP contribution is 2.38.